The van der Waals surface area contributed by atoms with E-state index < -0.39 is 11.6 Å². The Labute approximate surface area is 85.2 Å². The van der Waals surface area contributed by atoms with Crippen molar-refractivity contribution >= 4 is 5.71 Å². The van der Waals surface area contributed by atoms with Gasteiger partial charge in [-0.2, -0.15) is 0 Å². The van der Waals surface area contributed by atoms with Gasteiger partial charge >= 0.3 is 0 Å². The standard InChI is InChI=1S/C9H10F2N2O2/c1-2-15-5-8(13-14)9-7(11)3-6(10)4-12-9/h3-4,14H,2,5H2,1H3/b13-8+. The highest BCUT2D eigenvalue weighted by atomic mass is 19.1. The minimum atomic E-state index is -0.887. The van der Waals surface area contributed by atoms with E-state index in [9.17, 15) is 8.78 Å². The number of hydrogen-bond donors (Lipinski definition) is 1. The smallest absolute Gasteiger partial charge is 0.153 e. The van der Waals surface area contributed by atoms with E-state index in [1.54, 1.807) is 6.92 Å². The topological polar surface area (TPSA) is 54.7 Å². The summed E-state index contributed by atoms with van der Waals surface area (Å²) in [5.74, 6) is -1.67. The molecule has 0 unspecified atom stereocenters. The van der Waals surface area contributed by atoms with Crippen LogP contribution in [-0.2, 0) is 4.74 Å². The van der Waals surface area contributed by atoms with E-state index in [4.69, 9.17) is 9.94 Å². The lowest BCUT2D eigenvalue weighted by Gasteiger charge is -2.04. The van der Waals surface area contributed by atoms with Crippen LogP contribution in [0.4, 0.5) is 8.78 Å². The highest BCUT2D eigenvalue weighted by Gasteiger charge is 2.13. The summed E-state index contributed by atoms with van der Waals surface area (Å²) in [6.07, 6.45) is 0.843. The summed E-state index contributed by atoms with van der Waals surface area (Å²) < 4.78 is 30.6. The molecule has 0 atom stereocenters. The van der Waals surface area contributed by atoms with Crippen LogP contribution in [0.15, 0.2) is 17.4 Å². The maximum Gasteiger partial charge on any atom is 0.153 e. The van der Waals surface area contributed by atoms with Crippen LogP contribution in [0.25, 0.3) is 0 Å². The summed E-state index contributed by atoms with van der Waals surface area (Å²) in [5.41, 5.74) is -0.290. The zero-order valence-electron chi connectivity index (χ0n) is 8.07. The minimum Gasteiger partial charge on any atom is -0.411 e. The fourth-order valence-electron chi connectivity index (χ4n) is 0.970. The molecule has 0 aliphatic carbocycles. The molecular weight excluding hydrogens is 206 g/mol. The van der Waals surface area contributed by atoms with Crippen LogP contribution >= 0.6 is 0 Å². The molecule has 15 heavy (non-hydrogen) atoms. The molecule has 1 heterocycles. The van der Waals surface area contributed by atoms with Gasteiger partial charge in [-0.05, 0) is 6.92 Å². The average molecular weight is 216 g/mol. The summed E-state index contributed by atoms with van der Waals surface area (Å²) in [7, 11) is 0. The Morgan fingerprint density at radius 1 is 1.60 bits per heavy atom. The van der Waals surface area contributed by atoms with Crippen molar-refractivity contribution in [3.63, 3.8) is 0 Å². The summed E-state index contributed by atoms with van der Waals surface area (Å²) in [6, 6.07) is 0.666. The van der Waals surface area contributed by atoms with Gasteiger partial charge in [-0.15, -0.1) is 0 Å². The van der Waals surface area contributed by atoms with E-state index in [0.29, 0.717) is 12.7 Å². The fraction of sp³-hybridized carbons (Fsp3) is 0.333. The van der Waals surface area contributed by atoms with Gasteiger partial charge in [0.1, 0.15) is 17.2 Å². The molecule has 82 valence electrons. The number of ether oxygens (including phenoxy) is 1. The van der Waals surface area contributed by atoms with E-state index in [2.05, 4.69) is 10.1 Å². The zero-order chi connectivity index (χ0) is 11.3. The van der Waals surface area contributed by atoms with Crippen molar-refractivity contribution in [2.75, 3.05) is 13.2 Å². The Balaban J connectivity index is 2.93. The number of oxime groups is 1. The van der Waals surface area contributed by atoms with E-state index in [0.717, 1.165) is 6.20 Å². The van der Waals surface area contributed by atoms with Crippen LogP contribution in [0.2, 0.25) is 0 Å². The Morgan fingerprint density at radius 3 is 2.87 bits per heavy atom. The average Bonchev–Trinajstić information content (AvgIpc) is 2.21. The molecule has 6 heteroatoms. The molecule has 1 aromatic heterocycles. The van der Waals surface area contributed by atoms with Crippen molar-refractivity contribution in [1.29, 1.82) is 0 Å². The number of rotatable bonds is 4. The largest absolute Gasteiger partial charge is 0.411 e. The molecule has 0 spiro atoms. The van der Waals surface area contributed by atoms with Crippen molar-refractivity contribution in [3.05, 3.63) is 29.6 Å². The van der Waals surface area contributed by atoms with Gasteiger partial charge in [0, 0.05) is 12.7 Å². The quantitative estimate of drug-likeness (QED) is 0.472. The van der Waals surface area contributed by atoms with Crippen molar-refractivity contribution in [3.8, 4) is 0 Å². The molecule has 1 N–H and O–H groups in total. The second kappa shape index (κ2) is 5.35. The van der Waals surface area contributed by atoms with Crippen LogP contribution in [0.3, 0.4) is 0 Å². The third kappa shape index (κ3) is 2.95. The van der Waals surface area contributed by atoms with Gasteiger partial charge in [-0.1, -0.05) is 5.16 Å². The number of halogens is 2. The van der Waals surface area contributed by atoms with Gasteiger partial charge in [0.2, 0.25) is 0 Å². The molecule has 0 aliphatic rings. The fourth-order valence-corrected chi connectivity index (χ4v) is 0.970. The summed E-state index contributed by atoms with van der Waals surface area (Å²) >= 11 is 0. The van der Waals surface area contributed by atoms with Gasteiger partial charge < -0.3 is 9.94 Å². The van der Waals surface area contributed by atoms with Crippen molar-refractivity contribution < 1.29 is 18.7 Å². The van der Waals surface area contributed by atoms with E-state index in [-0.39, 0.29) is 18.0 Å². The summed E-state index contributed by atoms with van der Waals surface area (Å²) in [5, 5.41) is 11.5. The molecule has 0 saturated heterocycles. The molecular formula is C9H10F2N2O2. The number of nitrogens with zero attached hydrogens (tertiary/aromatic N) is 2. The predicted molar refractivity (Wildman–Crippen MR) is 49.0 cm³/mol. The molecule has 0 radical (unpaired) electrons. The lowest BCUT2D eigenvalue weighted by molar-refractivity contribution is 0.183. The maximum atomic E-state index is 13.2. The molecule has 0 aliphatic heterocycles. The van der Waals surface area contributed by atoms with Crippen LogP contribution in [0.5, 0.6) is 0 Å². The second-order valence-corrected chi connectivity index (χ2v) is 2.67. The molecule has 0 bridgehead atoms. The first-order valence-electron chi connectivity index (χ1n) is 4.29. The van der Waals surface area contributed by atoms with Gasteiger partial charge in [-0.3, -0.25) is 0 Å². The number of pyridine rings is 1. The van der Waals surface area contributed by atoms with Gasteiger partial charge in [0.25, 0.3) is 0 Å². The Morgan fingerprint density at radius 2 is 2.33 bits per heavy atom. The van der Waals surface area contributed by atoms with Crippen molar-refractivity contribution in [1.82, 2.24) is 4.98 Å². The molecule has 0 aromatic carbocycles. The molecule has 0 fully saturated rings. The lowest BCUT2D eigenvalue weighted by Crippen LogP contribution is -2.14. The van der Waals surface area contributed by atoms with Crippen LogP contribution in [-0.4, -0.2) is 29.1 Å². The normalized spacial score (nSPS) is 11.8. The van der Waals surface area contributed by atoms with E-state index in [1.165, 1.54) is 0 Å². The number of aromatic nitrogens is 1. The minimum absolute atomic E-state index is 0.0747. The Kier molecular flexibility index (Phi) is 4.11. The molecule has 1 rings (SSSR count). The third-order valence-corrected chi connectivity index (χ3v) is 1.64. The first kappa shape index (κ1) is 11.5. The summed E-state index contributed by atoms with van der Waals surface area (Å²) in [4.78, 5) is 3.48. The maximum absolute atomic E-state index is 13.2. The van der Waals surface area contributed by atoms with Crippen LogP contribution in [0, 0.1) is 11.6 Å². The second-order valence-electron chi connectivity index (χ2n) is 2.67. The third-order valence-electron chi connectivity index (χ3n) is 1.64. The lowest BCUT2D eigenvalue weighted by atomic mass is 10.2. The number of hydrogen-bond acceptors (Lipinski definition) is 4. The molecule has 4 nitrogen and oxygen atoms in total. The van der Waals surface area contributed by atoms with Crippen LogP contribution in [0.1, 0.15) is 12.6 Å². The van der Waals surface area contributed by atoms with Crippen molar-refractivity contribution in [2.24, 2.45) is 5.16 Å². The van der Waals surface area contributed by atoms with Crippen LogP contribution < -0.4 is 0 Å². The predicted octanol–water partition coefficient (Wildman–Crippen LogP) is 1.57. The highest BCUT2D eigenvalue weighted by Crippen LogP contribution is 2.07. The zero-order valence-corrected chi connectivity index (χ0v) is 8.07. The van der Waals surface area contributed by atoms with Gasteiger partial charge in [0.05, 0.1) is 12.8 Å². The first-order chi connectivity index (χ1) is 7.19. The molecule has 0 amide bonds. The Bertz CT molecular complexity index is 369. The molecule has 0 saturated carbocycles. The van der Waals surface area contributed by atoms with Crippen molar-refractivity contribution in [2.45, 2.75) is 6.92 Å². The SMILES string of the molecule is CCOC/C(=N\O)c1ncc(F)cc1F. The van der Waals surface area contributed by atoms with Gasteiger partial charge in [0.15, 0.2) is 5.82 Å². The van der Waals surface area contributed by atoms with Gasteiger partial charge in [-0.25, -0.2) is 13.8 Å². The Hall–Kier alpha value is -1.56. The highest BCUT2D eigenvalue weighted by molar-refractivity contribution is 5.99. The van der Waals surface area contributed by atoms with E-state index >= 15 is 0 Å². The monoisotopic (exact) mass is 216 g/mol. The summed E-state index contributed by atoms with van der Waals surface area (Å²) in [6.45, 7) is 2.05. The first-order valence-corrected chi connectivity index (χ1v) is 4.29. The molecule has 1 aromatic rings. The van der Waals surface area contributed by atoms with E-state index in [1.807, 2.05) is 0 Å².